The van der Waals surface area contributed by atoms with Crippen LogP contribution in [0.2, 0.25) is 0 Å². The average Bonchev–Trinajstić information content (AvgIpc) is 3.35. The van der Waals surface area contributed by atoms with Gasteiger partial charge in [0.05, 0.1) is 36.5 Å². The summed E-state index contributed by atoms with van der Waals surface area (Å²) in [5.41, 5.74) is 16.3. The van der Waals surface area contributed by atoms with Gasteiger partial charge in [-0.05, 0) is 50.1 Å². The van der Waals surface area contributed by atoms with Gasteiger partial charge in [0.2, 0.25) is 5.91 Å². The van der Waals surface area contributed by atoms with Gasteiger partial charge >= 0.3 is 0 Å². The molecule has 1 amide bonds. The van der Waals surface area contributed by atoms with Crippen molar-refractivity contribution in [1.29, 1.82) is 0 Å². The molecule has 2 heterocycles. The van der Waals surface area contributed by atoms with E-state index >= 15 is 0 Å². The molecule has 1 aromatic heterocycles. The lowest BCUT2D eigenvalue weighted by molar-refractivity contribution is -0.120. The number of primary amides is 1. The first kappa shape index (κ1) is 26.3. The van der Waals surface area contributed by atoms with Crippen molar-refractivity contribution >= 4 is 33.9 Å². The molecule has 8 nitrogen and oxygen atoms in total. The van der Waals surface area contributed by atoms with Crippen LogP contribution in [0.15, 0.2) is 47.2 Å². The van der Waals surface area contributed by atoms with E-state index in [9.17, 15) is 13.6 Å². The number of nitrogens with two attached hydrogens (primary N) is 2. The zero-order valence-corrected chi connectivity index (χ0v) is 21.4. The molecular formula is C27H32F2N6O2. The van der Waals surface area contributed by atoms with Gasteiger partial charge in [-0.15, -0.1) is 0 Å². The largest absolute Gasteiger partial charge is 0.400 e. The fourth-order valence-electron chi connectivity index (χ4n) is 4.49. The van der Waals surface area contributed by atoms with Crippen molar-refractivity contribution in [2.45, 2.75) is 33.6 Å². The molecule has 0 radical (unpaired) electrons. The van der Waals surface area contributed by atoms with Gasteiger partial charge in [0, 0.05) is 53.6 Å². The van der Waals surface area contributed by atoms with E-state index in [-0.39, 0.29) is 11.3 Å². The number of carbonyl (C=O) groups is 1. The maximum absolute atomic E-state index is 14.8. The number of halogens is 2. The second-order valence-corrected chi connectivity index (χ2v) is 9.43. The Balaban J connectivity index is 1.88. The highest BCUT2D eigenvalue weighted by Gasteiger charge is 2.31. The number of alkyl halides is 2. The van der Waals surface area contributed by atoms with E-state index in [1.54, 1.807) is 32.2 Å². The average molecular weight is 511 g/mol. The molecule has 10 heteroatoms. The minimum absolute atomic E-state index is 0.0847. The summed E-state index contributed by atoms with van der Waals surface area (Å²) in [5.74, 6) is -4.46. The smallest absolute Gasteiger partial charge is 0.272 e. The van der Waals surface area contributed by atoms with Crippen LogP contribution < -0.4 is 16.4 Å². The molecule has 1 unspecified atom stereocenters. The Kier molecular flexibility index (Phi) is 7.31. The summed E-state index contributed by atoms with van der Waals surface area (Å²) < 4.78 is 34.9. The molecule has 0 bridgehead atoms. The number of nitrogens with zero attached hydrogens (tertiary/aromatic N) is 3. The molecule has 0 aliphatic carbocycles. The van der Waals surface area contributed by atoms with Crippen LogP contribution in [0.4, 0.5) is 14.5 Å². The van der Waals surface area contributed by atoms with Crippen LogP contribution in [0.25, 0.3) is 16.6 Å². The number of aliphatic imine (C=N–C) groups is 1. The van der Waals surface area contributed by atoms with Crippen LogP contribution in [-0.2, 0) is 15.5 Å². The maximum atomic E-state index is 14.8. The van der Waals surface area contributed by atoms with Crippen molar-refractivity contribution in [2.75, 3.05) is 31.2 Å². The molecule has 2 aromatic carbocycles. The lowest BCUT2D eigenvalue weighted by Crippen LogP contribution is -2.37. The number of morpholine rings is 1. The fourth-order valence-corrected chi connectivity index (χ4v) is 4.49. The number of H-pyrrole nitrogens is 1. The molecule has 3 aromatic rings. The lowest BCUT2D eigenvalue weighted by atomic mass is 9.95. The Morgan fingerprint density at radius 1 is 1.22 bits per heavy atom. The number of fused-ring (bicyclic) bond motifs is 1. The van der Waals surface area contributed by atoms with Gasteiger partial charge in [-0.2, -0.15) is 5.10 Å². The van der Waals surface area contributed by atoms with Crippen LogP contribution in [0, 0.1) is 12.8 Å². The molecule has 1 aliphatic rings. The Bertz CT molecular complexity index is 1380. The molecule has 0 spiro atoms. The number of anilines is 1. The summed E-state index contributed by atoms with van der Waals surface area (Å²) in [6, 6.07) is 8.74. The van der Waals surface area contributed by atoms with Crippen LogP contribution in [0.3, 0.4) is 0 Å². The number of ether oxygens (including phenoxy) is 1. The first-order valence-corrected chi connectivity index (χ1v) is 12.1. The highest BCUT2D eigenvalue weighted by Crippen LogP contribution is 2.37. The van der Waals surface area contributed by atoms with E-state index in [0.29, 0.717) is 54.5 Å². The molecule has 196 valence electrons. The number of benzene rings is 2. The normalized spacial score (nSPS) is 16.6. The van der Waals surface area contributed by atoms with E-state index in [0.717, 1.165) is 23.4 Å². The molecule has 0 saturated carbocycles. The summed E-state index contributed by atoms with van der Waals surface area (Å²) in [5, 5.41) is 7.83. The zero-order valence-electron chi connectivity index (χ0n) is 21.4. The van der Waals surface area contributed by atoms with Gasteiger partial charge in [-0.3, -0.25) is 14.9 Å². The first-order valence-electron chi connectivity index (χ1n) is 12.1. The number of rotatable bonds is 7. The summed E-state index contributed by atoms with van der Waals surface area (Å²) in [6.45, 7) is 8.19. The third kappa shape index (κ3) is 5.34. The molecule has 5 N–H and O–H groups in total. The Labute approximate surface area is 214 Å². The Hall–Kier alpha value is -3.79. The van der Waals surface area contributed by atoms with Crippen molar-refractivity contribution in [3.05, 3.63) is 64.5 Å². The van der Waals surface area contributed by atoms with Crippen LogP contribution in [0.5, 0.6) is 0 Å². The maximum Gasteiger partial charge on any atom is 0.272 e. The van der Waals surface area contributed by atoms with Crippen LogP contribution >= 0.6 is 0 Å². The predicted octanol–water partition coefficient (Wildman–Crippen LogP) is 4.08. The van der Waals surface area contributed by atoms with Gasteiger partial charge in [-0.1, -0.05) is 12.1 Å². The predicted molar refractivity (Wildman–Crippen MR) is 142 cm³/mol. The molecular weight excluding hydrogens is 478 g/mol. The molecule has 37 heavy (non-hydrogen) atoms. The number of nitrogens with one attached hydrogen (secondary N) is 1. The molecule has 1 fully saturated rings. The number of amides is 1. The molecule has 4 rings (SSSR count). The van der Waals surface area contributed by atoms with Gasteiger partial charge in [0.1, 0.15) is 0 Å². The monoisotopic (exact) mass is 510 g/mol. The zero-order chi connectivity index (χ0) is 26.9. The summed E-state index contributed by atoms with van der Waals surface area (Å²) in [4.78, 5) is 18.7. The number of aryl methyl sites for hydroxylation is 1. The second kappa shape index (κ2) is 10.3. The summed E-state index contributed by atoms with van der Waals surface area (Å²) in [6.07, 6.45) is 1.66. The van der Waals surface area contributed by atoms with Crippen molar-refractivity contribution in [3.63, 3.8) is 0 Å². The van der Waals surface area contributed by atoms with Gasteiger partial charge in [0.25, 0.3) is 5.92 Å². The lowest BCUT2D eigenvalue weighted by Gasteiger charge is -2.32. The van der Waals surface area contributed by atoms with Crippen LogP contribution in [-0.4, -0.2) is 48.1 Å². The number of hydrogen-bond donors (Lipinski definition) is 3. The van der Waals surface area contributed by atoms with Gasteiger partial charge < -0.3 is 21.1 Å². The summed E-state index contributed by atoms with van der Waals surface area (Å²) in [7, 11) is 0. The van der Waals surface area contributed by atoms with Crippen molar-refractivity contribution in [1.82, 2.24) is 10.2 Å². The number of aromatic amines is 1. The van der Waals surface area contributed by atoms with Crippen molar-refractivity contribution in [2.24, 2.45) is 22.4 Å². The van der Waals surface area contributed by atoms with Crippen molar-refractivity contribution in [3.8, 4) is 0 Å². The van der Waals surface area contributed by atoms with E-state index in [4.69, 9.17) is 21.2 Å². The third-order valence-electron chi connectivity index (χ3n) is 6.75. The van der Waals surface area contributed by atoms with Gasteiger partial charge in [-0.25, -0.2) is 8.78 Å². The Morgan fingerprint density at radius 2 is 1.92 bits per heavy atom. The minimum Gasteiger partial charge on any atom is -0.400 e. The third-order valence-corrected chi connectivity index (χ3v) is 6.75. The Morgan fingerprint density at radius 3 is 2.57 bits per heavy atom. The first-order chi connectivity index (χ1) is 17.5. The fraction of sp³-hybridized carbons (Fsp3) is 0.370. The number of aromatic nitrogens is 2. The number of carbonyl (C=O) groups excluding carboxylic acids is 1. The topological polar surface area (TPSA) is 123 Å². The second-order valence-electron chi connectivity index (χ2n) is 9.43. The summed E-state index contributed by atoms with van der Waals surface area (Å²) >= 11 is 0. The minimum atomic E-state index is -3.07. The van der Waals surface area contributed by atoms with Crippen LogP contribution in [0.1, 0.15) is 43.0 Å². The molecule has 1 aliphatic heterocycles. The standard InChI is InChI=1S/C27H32F2N6O2/c1-15-5-7-21-19(14-32-34-21)23(15)25(24(30)16(2)26(31)36)33-17(3)18-6-8-22(20(13-18)27(4,28)29)35-9-11-37-12-10-35/h5-8,13-14,16H,9-12,30H2,1-4H3,(H2,31,36)(H,32,34)/b25-24+,33-17?. The van der Waals surface area contributed by atoms with Gasteiger partial charge in [0.15, 0.2) is 0 Å². The quantitative estimate of drug-likeness (QED) is 0.414. The number of hydrogen-bond acceptors (Lipinski definition) is 6. The van der Waals surface area contributed by atoms with E-state index in [1.807, 2.05) is 24.0 Å². The van der Waals surface area contributed by atoms with E-state index < -0.39 is 17.7 Å². The highest BCUT2D eigenvalue weighted by atomic mass is 19.3. The van der Waals surface area contributed by atoms with E-state index in [1.165, 1.54) is 6.07 Å². The van der Waals surface area contributed by atoms with Crippen molar-refractivity contribution < 1.29 is 18.3 Å². The molecule has 1 saturated heterocycles. The SMILES string of the molecule is CC(=N/C(=C(/N)C(C)C(N)=O)c1c(C)ccc2[nH]ncc12)c1ccc(N2CCOCC2)c(C(C)(F)F)c1. The molecule has 1 atom stereocenters. The highest BCUT2D eigenvalue weighted by molar-refractivity contribution is 6.05. The van der Waals surface area contributed by atoms with E-state index in [2.05, 4.69) is 10.2 Å².